The number of ether oxygens (including phenoxy) is 1. The zero-order valence-electron chi connectivity index (χ0n) is 15.4. The summed E-state index contributed by atoms with van der Waals surface area (Å²) in [6.07, 6.45) is 3.67. The van der Waals surface area contributed by atoms with E-state index in [-0.39, 0.29) is 12.5 Å². The van der Waals surface area contributed by atoms with E-state index >= 15 is 0 Å². The number of para-hydroxylation sites is 1. The minimum Gasteiger partial charge on any atom is -0.496 e. The third-order valence-electron chi connectivity index (χ3n) is 3.73. The molecule has 2 amide bonds. The van der Waals surface area contributed by atoms with Crippen LogP contribution in [0.25, 0.3) is 6.08 Å². The third kappa shape index (κ3) is 6.43. The maximum atomic E-state index is 11.9. The molecule has 27 heavy (non-hydrogen) atoms. The van der Waals surface area contributed by atoms with Crippen molar-refractivity contribution in [1.29, 1.82) is 0 Å². The van der Waals surface area contributed by atoms with Crippen LogP contribution in [-0.4, -0.2) is 31.2 Å². The Morgan fingerprint density at radius 3 is 2.48 bits per heavy atom. The Labute approximate surface area is 158 Å². The van der Waals surface area contributed by atoms with E-state index in [2.05, 4.69) is 15.8 Å². The number of carbonyl (C=O) groups is 2. The Hall–Kier alpha value is -3.41. The predicted octanol–water partition coefficient (Wildman–Crippen LogP) is 2.76. The fourth-order valence-electron chi connectivity index (χ4n) is 2.34. The Morgan fingerprint density at radius 1 is 1.07 bits per heavy atom. The lowest BCUT2D eigenvalue weighted by atomic mass is 10.1. The summed E-state index contributed by atoms with van der Waals surface area (Å²) in [7, 11) is 1.57. The van der Waals surface area contributed by atoms with Gasteiger partial charge in [-0.1, -0.05) is 55.5 Å². The van der Waals surface area contributed by atoms with Gasteiger partial charge in [-0.25, -0.2) is 5.43 Å². The smallest absolute Gasteiger partial charge is 0.259 e. The van der Waals surface area contributed by atoms with Crippen molar-refractivity contribution in [1.82, 2.24) is 10.7 Å². The Bertz CT molecular complexity index is 830. The number of hydrogen-bond acceptors (Lipinski definition) is 4. The van der Waals surface area contributed by atoms with Crippen molar-refractivity contribution in [3.8, 4) is 5.75 Å². The van der Waals surface area contributed by atoms with Crippen LogP contribution in [0.3, 0.4) is 0 Å². The lowest BCUT2D eigenvalue weighted by molar-refractivity contribution is -0.123. The van der Waals surface area contributed by atoms with Gasteiger partial charge in [0, 0.05) is 11.6 Å². The number of nitrogens with one attached hydrogen (secondary N) is 2. The number of methoxy groups -OCH3 is 1. The molecule has 6 heteroatoms. The summed E-state index contributed by atoms with van der Waals surface area (Å²) in [4.78, 5) is 23.8. The summed E-state index contributed by atoms with van der Waals surface area (Å²) < 4.78 is 5.22. The molecule has 0 saturated carbocycles. The number of nitrogens with zero attached hydrogens (tertiary/aromatic N) is 1. The topological polar surface area (TPSA) is 79.8 Å². The van der Waals surface area contributed by atoms with E-state index in [1.807, 2.05) is 55.5 Å². The molecule has 0 fully saturated rings. The van der Waals surface area contributed by atoms with Crippen LogP contribution in [0, 0.1) is 0 Å². The molecule has 0 bridgehead atoms. The van der Waals surface area contributed by atoms with E-state index in [1.54, 1.807) is 19.3 Å². The maximum absolute atomic E-state index is 11.9. The van der Waals surface area contributed by atoms with Crippen molar-refractivity contribution in [2.45, 2.75) is 13.3 Å². The highest BCUT2D eigenvalue weighted by atomic mass is 16.5. The predicted molar refractivity (Wildman–Crippen MR) is 106 cm³/mol. The van der Waals surface area contributed by atoms with E-state index < -0.39 is 5.91 Å². The zero-order chi connectivity index (χ0) is 19.5. The van der Waals surface area contributed by atoms with E-state index in [9.17, 15) is 9.59 Å². The monoisotopic (exact) mass is 365 g/mol. The fourth-order valence-corrected chi connectivity index (χ4v) is 2.34. The van der Waals surface area contributed by atoms with Gasteiger partial charge in [0.25, 0.3) is 5.91 Å². The Kier molecular flexibility index (Phi) is 7.78. The Balaban J connectivity index is 1.85. The van der Waals surface area contributed by atoms with Gasteiger partial charge in [0.2, 0.25) is 5.91 Å². The molecular weight excluding hydrogens is 342 g/mol. The summed E-state index contributed by atoms with van der Waals surface area (Å²) in [6.45, 7) is 1.80. The van der Waals surface area contributed by atoms with Crippen molar-refractivity contribution < 1.29 is 14.3 Å². The van der Waals surface area contributed by atoms with Crippen LogP contribution in [0.5, 0.6) is 5.75 Å². The number of amides is 2. The van der Waals surface area contributed by atoms with Gasteiger partial charge in [-0.2, -0.15) is 5.10 Å². The molecule has 2 aromatic rings. The fraction of sp³-hybridized carbons (Fsp3) is 0.190. The first-order valence-electron chi connectivity index (χ1n) is 8.63. The van der Waals surface area contributed by atoms with Crippen LogP contribution in [0.2, 0.25) is 0 Å². The highest BCUT2D eigenvalue weighted by molar-refractivity contribution is 6.01. The van der Waals surface area contributed by atoms with Gasteiger partial charge in [-0.05, 0) is 24.1 Å². The van der Waals surface area contributed by atoms with Crippen LogP contribution < -0.4 is 15.5 Å². The largest absolute Gasteiger partial charge is 0.496 e. The highest BCUT2D eigenvalue weighted by Crippen LogP contribution is 2.18. The molecule has 6 nitrogen and oxygen atoms in total. The van der Waals surface area contributed by atoms with E-state index in [0.29, 0.717) is 12.2 Å². The van der Waals surface area contributed by atoms with Gasteiger partial charge < -0.3 is 10.1 Å². The average Bonchev–Trinajstić information content (AvgIpc) is 2.72. The van der Waals surface area contributed by atoms with Crippen molar-refractivity contribution in [2.24, 2.45) is 5.10 Å². The lowest BCUT2D eigenvalue weighted by Crippen LogP contribution is -2.34. The normalized spacial score (nSPS) is 11.3. The van der Waals surface area contributed by atoms with Gasteiger partial charge in [0.05, 0.1) is 19.4 Å². The minimum absolute atomic E-state index is 0.162. The second-order valence-corrected chi connectivity index (χ2v) is 5.61. The molecule has 0 saturated heterocycles. The Morgan fingerprint density at radius 2 is 1.78 bits per heavy atom. The quantitative estimate of drug-likeness (QED) is 0.429. The molecule has 0 radical (unpaired) electrons. The number of hydrazone groups is 1. The first-order chi connectivity index (χ1) is 13.1. The van der Waals surface area contributed by atoms with Crippen molar-refractivity contribution in [3.05, 3.63) is 71.8 Å². The van der Waals surface area contributed by atoms with E-state index in [0.717, 1.165) is 16.8 Å². The summed E-state index contributed by atoms with van der Waals surface area (Å²) in [6, 6.07) is 16.9. The standard InChI is InChI=1S/C21H23N3O3/c1-3-18(16-9-5-4-6-10-16)23-24-21(26)15-22-20(25)14-13-17-11-7-8-12-19(17)27-2/h4-14H,3,15H2,1-2H3,(H,22,25)(H,24,26)/b14-13+,23-18-. The number of hydrogen-bond donors (Lipinski definition) is 2. The molecule has 2 rings (SSSR count). The number of carbonyl (C=O) groups excluding carboxylic acids is 2. The lowest BCUT2D eigenvalue weighted by Gasteiger charge is -2.06. The van der Waals surface area contributed by atoms with Crippen LogP contribution in [0.1, 0.15) is 24.5 Å². The molecule has 0 spiro atoms. The van der Waals surface area contributed by atoms with E-state index in [4.69, 9.17) is 4.74 Å². The molecule has 2 aromatic carbocycles. The van der Waals surface area contributed by atoms with Gasteiger partial charge in [0.15, 0.2) is 0 Å². The minimum atomic E-state index is -0.393. The van der Waals surface area contributed by atoms with Crippen LogP contribution in [0.15, 0.2) is 65.8 Å². The van der Waals surface area contributed by atoms with Gasteiger partial charge in [-0.3, -0.25) is 9.59 Å². The molecule has 2 N–H and O–H groups in total. The van der Waals surface area contributed by atoms with Crippen molar-refractivity contribution >= 4 is 23.6 Å². The molecule has 0 unspecified atom stereocenters. The molecular formula is C21H23N3O3. The van der Waals surface area contributed by atoms with Gasteiger partial charge in [-0.15, -0.1) is 0 Å². The molecule has 0 aliphatic heterocycles. The average molecular weight is 365 g/mol. The van der Waals surface area contributed by atoms with E-state index in [1.165, 1.54) is 6.08 Å². The molecule has 0 aromatic heterocycles. The third-order valence-corrected chi connectivity index (χ3v) is 3.73. The van der Waals surface area contributed by atoms with Crippen molar-refractivity contribution in [2.75, 3.05) is 13.7 Å². The van der Waals surface area contributed by atoms with Crippen LogP contribution >= 0.6 is 0 Å². The van der Waals surface area contributed by atoms with Crippen LogP contribution in [0.4, 0.5) is 0 Å². The summed E-state index contributed by atoms with van der Waals surface area (Å²) >= 11 is 0. The molecule has 0 atom stereocenters. The first kappa shape index (κ1) is 19.9. The SMILES string of the molecule is CC/C(=N/NC(=O)CNC(=O)/C=C/c1ccccc1OC)c1ccccc1. The van der Waals surface area contributed by atoms with Crippen LogP contribution in [-0.2, 0) is 9.59 Å². The maximum Gasteiger partial charge on any atom is 0.259 e. The summed E-state index contributed by atoms with van der Waals surface area (Å²) in [5.41, 5.74) is 4.97. The molecule has 0 aliphatic carbocycles. The molecule has 0 heterocycles. The highest BCUT2D eigenvalue weighted by Gasteiger charge is 2.05. The van der Waals surface area contributed by atoms with Gasteiger partial charge in [0.1, 0.15) is 5.75 Å². The van der Waals surface area contributed by atoms with Gasteiger partial charge >= 0.3 is 0 Å². The number of benzene rings is 2. The second-order valence-electron chi connectivity index (χ2n) is 5.61. The molecule has 140 valence electrons. The second kappa shape index (κ2) is 10.6. The molecule has 0 aliphatic rings. The first-order valence-corrected chi connectivity index (χ1v) is 8.63. The number of rotatable bonds is 8. The summed E-state index contributed by atoms with van der Waals surface area (Å²) in [5.74, 6) is -0.101. The van der Waals surface area contributed by atoms with Crippen molar-refractivity contribution in [3.63, 3.8) is 0 Å². The zero-order valence-corrected chi connectivity index (χ0v) is 15.4. The summed E-state index contributed by atoms with van der Waals surface area (Å²) in [5, 5.41) is 6.66.